The number of hydrogen-bond acceptors (Lipinski definition) is 4. The van der Waals surface area contributed by atoms with Crippen LogP contribution in [0.1, 0.15) is 25.3 Å². The first kappa shape index (κ1) is 18.5. The van der Waals surface area contributed by atoms with Gasteiger partial charge in [-0.05, 0) is 41.3 Å². The molecule has 0 atom stereocenters. The Hall–Kier alpha value is -1.81. The summed E-state index contributed by atoms with van der Waals surface area (Å²) in [5, 5.41) is 5.15. The second-order valence-electron chi connectivity index (χ2n) is 5.58. The second-order valence-corrected chi connectivity index (χ2v) is 8.50. The lowest BCUT2D eigenvalue weighted by atomic mass is 9.97. The van der Waals surface area contributed by atoms with E-state index in [4.69, 9.17) is 5.14 Å². The van der Waals surface area contributed by atoms with Crippen LogP contribution >= 0.6 is 0 Å². The molecule has 2 aromatic rings. The zero-order valence-electron chi connectivity index (χ0n) is 12.9. The van der Waals surface area contributed by atoms with E-state index in [1.165, 1.54) is 12.1 Å². The van der Waals surface area contributed by atoms with Crippen LogP contribution in [0.4, 0.5) is 4.39 Å². The molecule has 0 heterocycles. The Morgan fingerprint density at radius 2 is 1.62 bits per heavy atom. The zero-order chi connectivity index (χ0) is 18.3. The fourth-order valence-corrected chi connectivity index (χ4v) is 3.92. The molecule has 0 aromatic heterocycles. The van der Waals surface area contributed by atoms with E-state index in [1.807, 2.05) is 0 Å². The molecule has 0 amide bonds. The highest BCUT2D eigenvalue weighted by Crippen LogP contribution is 2.35. The molecule has 0 aliphatic carbocycles. The van der Waals surface area contributed by atoms with Crippen LogP contribution in [0, 0.1) is 5.82 Å². The van der Waals surface area contributed by atoms with Gasteiger partial charge in [-0.1, -0.05) is 26.0 Å². The Morgan fingerprint density at radius 1 is 1.04 bits per heavy atom. The van der Waals surface area contributed by atoms with Crippen molar-refractivity contribution >= 4 is 20.1 Å². The van der Waals surface area contributed by atoms with Crippen molar-refractivity contribution in [2.24, 2.45) is 5.14 Å². The molecule has 0 saturated carbocycles. The van der Waals surface area contributed by atoms with Crippen molar-refractivity contribution in [1.29, 1.82) is 0 Å². The molecule has 130 valence electrons. The van der Waals surface area contributed by atoms with Crippen LogP contribution in [0.2, 0.25) is 0 Å². The standard InChI is InChI=1S/C15H16FNO5S2/c1-9(2)10-6-11(8-12(16)7-10)15-13(23(17,18)19)4-3-5-14(15)24(20,21)22/h3-9H,1-2H3,(H2,17,18,19)(H,20,21,22). The maximum absolute atomic E-state index is 13.9. The van der Waals surface area contributed by atoms with Crippen molar-refractivity contribution in [3.63, 3.8) is 0 Å². The fraction of sp³-hybridized carbons (Fsp3) is 0.200. The summed E-state index contributed by atoms with van der Waals surface area (Å²) >= 11 is 0. The first-order valence-electron chi connectivity index (χ1n) is 6.85. The van der Waals surface area contributed by atoms with Crippen LogP contribution in [0.25, 0.3) is 11.1 Å². The molecule has 2 rings (SSSR count). The van der Waals surface area contributed by atoms with Gasteiger partial charge in [0.1, 0.15) is 10.7 Å². The molecule has 0 bridgehead atoms. The third-order valence-corrected chi connectivity index (χ3v) is 5.30. The predicted octanol–water partition coefficient (Wildman–Crippen LogP) is 2.51. The van der Waals surface area contributed by atoms with Gasteiger partial charge in [0, 0.05) is 5.56 Å². The van der Waals surface area contributed by atoms with Crippen molar-refractivity contribution in [2.75, 3.05) is 0 Å². The van der Waals surface area contributed by atoms with Crippen molar-refractivity contribution in [2.45, 2.75) is 29.6 Å². The fourth-order valence-electron chi connectivity index (χ4n) is 2.34. The maximum Gasteiger partial charge on any atom is 0.295 e. The Bertz CT molecular complexity index is 948. The molecule has 0 saturated heterocycles. The predicted molar refractivity (Wildman–Crippen MR) is 87.1 cm³/mol. The smallest absolute Gasteiger partial charge is 0.282 e. The summed E-state index contributed by atoms with van der Waals surface area (Å²) in [7, 11) is -9.06. The molecule has 0 fully saturated rings. The summed E-state index contributed by atoms with van der Waals surface area (Å²) in [5.74, 6) is -0.753. The monoisotopic (exact) mass is 373 g/mol. The summed E-state index contributed by atoms with van der Waals surface area (Å²) in [6.07, 6.45) is 0. The number of nitrogens with two attached hydrogens (primary N) is 1. The van der Waals surface area contributed by atoms with Crippen LogP contribution in [0.3, 0.4) is 0 Å². The summed E-state index contributed by atoms with van der Waals surface area (Å²) in [4.78, 5) is -1.17. The van der Waals surface area contributed by atoms with Crippen LogP contribution in [-0.4, -0.2) is 21.4 Å². The van der Waals surface area contributed by atoms with E-state index < -0.39 is 35.7 Å². The first-order valence-corrected chi connectivity index (χ1v) is 9.84. The minimum absolute atomic E-state index is 0.00375. The lowest BCUT2D eigenvalue weighted by molar-refractivity contribution is 0.483. The van der Waals surface area contributed by atoms with Gasteiger partial charge in [-0.3, -0.25) is 4.55 Å². The Balaban J connectivity index is 2.97. The van der Waals surface area contributed by atoms with Gasteiger partial charge < -0.3 is 0 Å². The molecule has 9 heteroatoms. The number of rotatable bonds is 4. The highest BCUT2D eigenvalue weighted by molar-refractivity contribution is 7.89. The molecular formula is C15H16FNO5S2. The quantitative estimate of drug-likeness (QED) is 0.799. The zero-order valence-corrected chi connectivity index (χ0v) is 14.5. The molecule has 0 spiro atoms. The van der Waals surface area contributed by atoms with Crippen molar-refractivity contribution in [1.82, 2.24) is 0 Å². The summed E-state index contributed by atoms with van der Waals surface area (Å²) in [6.45, 7) is 3.60. The average molecular weight is 373 g/mol. The topological polar surface area (TPSA) is 115 Å². The molecule has 3 N–H and O–H groups in total. The maximum atomic E-state index is 13.9. The van der Waals surface area contributed by atoms with E-state index >= 15 is 0 Å². The third kappa shape index (κ3) is 3.81. The summed E-state index contributed by atoms with van der Waals surface area (Å²) in [6, 6.07) is 6.98. The highest BCUT2D eigenvalue weighted by Gasteiger charge is 2.25. The summed E-state index contributed by atoms with van der Waals surface area (Å²) in [5.41, 5.74) is 0.176. The molecular weight excluding hydrogens is 357 g/mol. The average Bonchev–Trinajstić information content (AvgIpc) is 2.43. The van der Waals surface area contributed by atoms with Gasteiger partial charge >= 0.3 is 0 Å². The van der Waals surface area contributed by atoms with Crippen LogP contribution in [-0.2, 0) is 20.1 Å². The van der Waals surface area contributed by atoms with Crippen molar-refractivity contribution < 1.29 is 25.8 Å². The Labute approximate surface area is 139 Å². The number of primary sulfonamides is 1. The second kappa shape index (κ2) is 6.25. The summed E-state index contributed by atoms with van der Waals surface area (Å²) < 4.78 is 70.3. The lowest BCUT2D eigenvalue weighted by Crippen LogP contribution is -2.15. The molecule has 24 heavy (non-hydrogen) atoms. The number of hydrogen-bond donors (Lipinski definition) is 2. The number of sulfonamides is 1. The number of halogens is 1. The van der Waals surface area contributed by atoms with E-state index in [1.54, 1.807) is 13.8 Å². The van der Waals surface area contributed by atoms with E-state index in [-0.39, 0.29) is 17.0 Å². The minimum atomic E-state index is -4.75. The molecule has 6 nitrogen and oxygen atoms in total. The van der Waals surface area contributed by atoms with E-state index in [2.05, 4.69) is 0 Å². The van der Waals surface area contributed by atoms with Crippen LogP contribution in [0.5, 0.6) is 0 Å². The van der Waals surface area contributed by atoms with E-state index in [9.17, 15) is 25.8 Å². The largest absolute Gasteiger partial charge is 0.295 e. The minimum Gasteiger partial charge on any atom is -0.282 e. The van der Waals surface area contributed by atoms with Gasteiger partial charge in [0.15, 0.2) is 0 Å². The number of benzene rings is 2. The van der Waals surface area contributed by atoms with E-state index in [0.29, 0.717) is 5.56 Å². The third-order valence-electron chi connectivity index (χ3n) is 3.45. The van der Waals surface area contributed by atoms with Crippen molar-refractivity contribution in [3.8, 4) is 11.1 Å². The SMILES string of the molecule is CC(C)c1cc(F)cc(-c2c(S(N)(=O)=O)cccc2S(=O)(=O)O)c1. The van der Waals surface area contributed by atoms with Crippen molar-refractivity contribution in [3.05, 3.63) is 47.8 Å². The molecule has 0 radical (unpaired) electrons. The van der Waals surface area contributed by atoms with Crippen LogP contribution < -0.4 is 5.14 Å². The lowest BCUT2D eigenvalue weighted by Gasteiger charge is -2.14. The van der Waals surface area contributed by atoms with Gasteiger partial charge in [-0.2, -0.15) is 8.42 Å². The van der Waals surface area contributed by atoms with Gasteiger partial charge in [0.2, 0.25) is 10.0 Å². The van der Waals surface area contributed by atoms with E-state index in [0.717, 1.165) is 24.3 Å². The first-order chi connectivity index (χ1) is 10.9. The van der Waals surface area contributed by atoms with Gasteiger partial charge in [0.05, 0.1) is 4.90 Å². The highest BCUT2D eigenvalue weighted by atomic mass is 32.2. The molecule has 0 aliphatic heterocycles. The molecule has 0 unspecified atom stereocenters. The van der Waals surface area contributed by atoms with Gasteiger partial charge in [-0.25, -0.2) is 17.9 Å². The van der Waals surface area contributed by atoms with Gasteiger partial charge in [0.25, 0.3) is 10.1 Å². The van der Waals surface area contributed by atoms with Gasteiger partial charge in [-0.15, -0.1) is 0 Å². The molecule has 2 aromatic carbocycles. The Kier molecular flexibility index (Phi) is 4.82. The normalized spacial score (nSPS) is 12.6. The Morgan fingerprint density at radius 3 is 2.12 bits per heavy atom. The van der Waals surface area contributed by atoms with Crippen LogP contribution in [0.15, 0.2) is 46.2 Å². The molecule has 0 aliphatic rings.